The Labute approximate surface area is 181 Å². The van der Waals surface area contributed by atoms with E-state index < -0.39 is 10.0 Å². The van der Waals surface area contributed by atoms with Crippen LogP contribution in [0.1, 0.15) is 30.9 Å². The minimum absolute atomic E-state index is 0.132. The second-order valence-corrected chi connectivity index (χ2v) is 8.34. The van der Waals surface area contributed by atoms with Gasteiger partial charge in [-0.05, 0) is 61.9 Å². The Hall–Kier alpha value is -3.59. The van der Waals surface area contributed by atoms with Gasteiger partial charge in [0, 0.05) is 12.6 Å². The van der Waals surface area contributed by atoms with Gasteiger partial charge in [-0.1, -0.05) is 23.4 Å². The average Bonchev–Trinajstić information content (AvgIpc) is 3.07. The Morgan fingerprint density at radius 2 is 1.77 bits per heavy atom. The Morgan fingerprint density at radius 3 is 2.39 bits per heavy atom. The van der Waals surface area contributed by atoms with E-state index in [0.29, 0.717) is 35.2 Å². The van der Waals surface area contributed by atoms with E-state index in [-0.39, 0.29) is 10.8 Å². The predicted molar refractivity (Wildman–Crippen MR) is 119 cm³/mol. The Kier molecular flexibility index (Phi) is 6.76. The van der Waals surface area contributed by atoms with Gasteiger partial charge < -0.3 is 14.6 Å². The molecule has 0 unspecified atom stereocenters. The molecule has 0 atom stereocenters. The zero-order chi connectivity index (χ0) is 22.4. The highest BCUT2D eigenvalue weighted by molar-refractivity contribution is 7.92. The van der Waals surface area contributed by atoms with Crippen LogP contribution in [0, 0.1) is 6.92 Å². The predicted octanol–water partition coefficient (Wildman–Crippen LogP) is 4.31. The van der Waals surface area contributed by atoms with Crippen LogP contribution in [0.25, 0.3) is 12.2 Å². The smallest absolute Gasteiger partial charge is 0.261 e. The first-order valence-corrected chi connectivity index (χ1v) is 11.0. The lowest BCUT2D eigenvalue weighted by Crippen LogP contribution is -2.12. The van der Waals surface area contributed by atoms with Crippen molar-refractivity contribution in [3.63, 3.8) is 0 Å². The van der Waals surface area contributed by atoms with Crippen LogP contribution in [-0.2, 0) is 14.8 Å². The number of amides is 1. The summed E-state index contributed by atoms with van der Waals surface area (Å²) in [5.74, 6) is 0.849. The summed E-state index contributed by atoms with van der Waals surface area (Å²) in [7, 11) is -3.73. The lowest BCUT2D eigenvalue weighted by Gasteiger charge is -2.09. The van der Waals surface area contributed by atoms with Crippen LogP contribution in [0.4, 0.5) is 11.4 Å². The SMILES string of the molecule is CCOc1ccc(NS(=O)(=O)c2ccc(/C=C\c3onc(C)c3NC(C)=O)cc2)cc1. The van der Waals surface area contributed by atoms with Crippen molar-refractivity contribution in [3.05, 3.63) is 65.5 Å². The van der Waals surface area contributed by atoms with Gasteiger partial charge in [0.1, 0.15) is 17.1 Å². The molecule has 0 saturated carbocycles. The quantitative estimate of drug-likeness (QED) is 0.539. The van der Waals surface area contributed by atoms with Gasteiger partial charge in [-0.3, -0.25) is 9.52 Å². The van der Waals surface area contributed by atoms with Crippen molar-refractivity contribution in [3.8, 4) is 5.75 Å². The molecular weight excluding hydrogens is 418 g/mol. The highest BCUT2D eigenvalue weighted by Crippen LogP contribution is 2.23. The zero-order valence-electron chi connectivity index (χ0n) is 17.4. The van der Waals surface area contributed by atoms with Gasteiger partial charge in [0.25, 0.3) is 10.0 Å². The van der Waals surface area contributed by atoms with E-state index >= 15 is 0 Å². The van der Waals surface area contributed by atoms with Gasteiger partial charge in [0.2, 0.25) is 5.91 Å². The molecule has 31 heavy (non-hydrogen) atoms. The lowest BCUT2D eigenvalue weighted by molar-refractivity contribution is -0.114. The standard InChI is InChI=1S/C22H23N3O5S/c1-4-29-19-10-8-18(9-11-19)25-31(27,28)20-12-5-17(6-13-20)7-14-21-22(23-16(3)26)15(2)24-30-21/h5-14,25H,4H2,1-3H3,(H,23,26)/b14-7-. The van der Waals surface area contributed by atoms with Crippen molar-refractivity contribution in [2.45, 2.75) is 25.7 Å². The molecule has 2 N–H and O–H groups in total. The molecule has 3 aromatic rings. The summed E-state index contributed by atoms with van der Waals surface area (Å²) in [5.41, 5.74) is 2.26. The number of nitrogens with one attached hydrogen (secondary N) is 2. The number of rotatable bonds is 8. The third kappa shape index (κ3) is 5.73. The molecular formula is C22H23N3O5S. The second kappa shape index (κ2) is 9.48. The van der Waals surface area contributed by atoms with Crippen molar-refractivity contribution < 1.29 is 22.5 Å². The van der Waals surface area contributed by atoms with Gasteiger partial charge in [0.15, 0.2) is 5.76 Å². The Morgan fingerprint density at radius 1 is 1.10 bits per heavy atom. The first-order valence-electron chi connectivity index (χ1n) is 9.56. The largest absolute Gasteiger partial charge is 0.494 e. The summed E-state index contributed by atoms with van der Waals surface area (Å²) in [5, 5.41) is 6.53. The number of sulfonamides is 1. The minimum atomic E-state index is -3.73. The molecule has 0 spiro atoms. The van der Waals surface area contributed by atoms with Gasteiger partial charge in [-0.15, -0.1) is 0 Å². The minimum Gasteiger partial charge on any atom is -0.494 e. The Balaban J connectivity index is 1.72. The maximum absolute atomic E-state index is 12.6. The van der Waals surface area contributed by atoms with Crippen molar-refractivity contribution in [2.24, 2.45) is 0 Å². The van der Waals surface area contributed by atoms with Gasteiger partial charge in [-0.25, -0.2) is 8.42 Å². The van der Waals surface area contributed by atoms with E-state index in [4.69, 9.17) is 9.26 Å². The van der Waals surface area contributed by atoms with Crippen LogP contribution < -0.4 is 14.8 Å². The molecule has 0 fully saturated rings. The van der Waals surface area contributed by atoms with Crippen LogP contribution in [0.2, 0.25) is 0 Å². The number of ether oxygens (including phenoxy) is 1. The first kappa shape index (κ1) is 22.1. The van der Waals surface area contributed by atoms with Crippen LogP contribution in [0.5, 0.6) is 5.75 Å². The number of benzene rings is 2. The number of carbonyl (C=O) groups excluding carboxylic acids is 1. The summed E-state index contributed by atoms with van der Waals surface area (Å²) < 4.78 is 38.4. The van der Waals surface area contributed by atoms with Crippen LogP contribution in [0.3, 0.4) is 0 Å². The molecule has 9 heteroatoms. The summed E-state index contributed by atoms with van der Waals surface area (Å²) in [6, 6.07) is 13.1. The molecule has 0 aliphatic carbocycles. The highest BCUT2D eigenvalue weighted by atomic mass is 32.2. The number of anilines is 2. The van der Waals surface area contributed by atoms with E-state index in [1.165, 1.54) is 19.1 Å². The van der Waals surface area contributed by atoms with Crippen LogP contribution in [-0.4, -0.2) is 26.1 Å². The normalized spacial score (nSPS) is 11.5. The van der Waals surface area contributed by atoms with E-state index in [9.17, 15) is 13.2 Å². The molecule has 0 aliphatic rings. The molecule has 1 heterocycles. The third-order valence-electron chi connectivity index (χ3n) is 4.23. The van der Waals surface area contributed by atoms with E-state index in [1.807, 2.05) is 6.92 Å². The maximum atomic E-state index is 12.6. The molecule has 3 rings (SSSR count). The number of hydrogen-bond donors (Lipinski definition) is 2. The Bertz CT molecular complexity index is 1180. The van der Waals surface area contributed by atoms with Crippen LogP contribution >= 0.6 is 0 Å². The number of nitrogens with zero attached hydrogens (tertiary/aromatic N) is 1. The molecule has 0 saturated heterocycles. The average molecular weight is 442 g/mol. The van der Waals surface area contributed by atoms with Crippen molar-refractivity contribution in [1.82, 2.24) is 5.16 Å². The maximum Gasteiger partial charge on any atom is 0.261 e. The number of aromatic nitrogens is 1. The molecule has 162 valence electrons. The van der Waals surface area contributed by atoms with Gasteiger partial charge in [-0.2, -0.15) is 0 Å². The summed E-state index contributed by atoms with van der Waals surface area (Å²) >= 11 is 0. The second-order valence-electron chi connectivity index (χ2n) is 6.65. The number of aryl methyl sites for hydroxylation is 1. The fourth-order valence-corrected chi connectivity index (χ4v) is 3.82. The molecule has 8 nitrogen and oxygen atoms in total. The topological polar surface area (TPSA) is 111 Å². The molecule has 0 radical (unpaired) electrons. The first-order chi connectivity index (χ1) is 14.8. The lowest BCUT2D eigenvalue weighted by atomic mass is 10.2. The zero-order valence-corrected chi connectivity index (χ0v) is 18.2. The molecule has 0 bridgehead atoms. The number of hydrogen-bond acceptors (Lipinski definition) is 6. The molecule has 1 aromatic heterocycles. The fraction of sp³-hybridized carbons (Fsp3) is 0.182. The summed E-state index contributed by atoms with van der Waals surface area (Å²) in [6.07, 6.45) is 3.40. The van der Waals surface area contributed by atoms with E-state index in [2.05, 4.69) is 15.2 Å². The molecule has 2 aromatic carbocycles. The van der Waals surface area contributed by atoms with Crippen molar-refractivity contribution in [2.75, 3.05) is 16.6 Å². The van der Waals surface area contributed by atoms with E-state index in [1.54, 1.807) is 55.5 Å². The van der Waals surface area contributed by atoms with Gasteiger partial charge in [0.05, 0.1) is 11.5 Å². The monoisotopic (exact) mass is 441 g/mol. The van der Waals surface area contributed by atoms with Crippen LogP contribution in [0.15, 0.2) is 57.9 Å². The van der Waals surface area contributed by atoms with Crippen molar-refractivity contribution >= 4 is 39.5 Å². The summed E-state index contributed by atoms with van der Waals surface area (Å²) in [4.78, 5) is 11.5. The van der Waals surface area contributed by atoms with Crippen molar-refractivity contribution in [1.29, 1.82) is 0 Å². The fourth-order valence-electron chi connectivity index (χ4n) is 2.76. The molecule has 0 aliphatic heterocycles. The highest BCUT2D eigenvalue weighted by Gasteiger charge is 2.14. The molecule has 1 amide bonds. The van der Waals surface area contributed by atoms with Gasteiger partial charge >= 0.3 is 0 Å². The number of carbonyl (C=O) groups is 1. The summed E-state index contributed by atoms with van der Waals surface area (Å²) in [6.45, 7) is 5.55. The third-order valence-corrected chi connectivity index (χ3v) is 5.62. The van der Waals surface area contributed by atoms with E-state index in [0.717, 1.165) is 5.56 Å².